The number of carbonyl (C=O) groups excluding carboxylic acids is 2. The molecule has 6 nitrogen and oxygen atoms in total. The van der Waals surface area contributed by atoms with Gasteiger partial charge in [-0.25, -0.2) is 0 Å². The molecule has 0 bridgehead atoms. The van der Waals surface area contributed by atoms with Gasteiger partial charge in [-0.05, 0) is 31.2 Å². The highest BCUT2D eigenvalue weighted by Crippen LogP contribution is 2.30. The van der Waals surface area contributed by atoms with Gasteiger partial charge < -0.3 is 15.4 Å². The topological polar surface area (TPSA) is 70.7 Å². The van der Waals surface area contributed by atoms with Crippen LogP contribution in [0.15, 0.2) is 30.3 Å². The molecule has 0 unspecified atom stereocenters. The lowest BCUT2D eigenvalue weighted by Gasteiger charge is -2.33. The number of likely N-dealkylation sites (tertiary alicyclic amines) is 1. The van der Waals surface area contributed by atoms with Gasteiger partial charge in [0.05, 0.1) is 6.04 Å². The minimum absolute atomic E-state index is 0. The van der Waals surface area contributed by atoms with Gasteiger partial charge >= 0.3 is 0 Å². The molecule has 1 aromatic carbocycles. The second kappa shape index (κ2) is 9.90. The molecule has 0 spiro atoms. The number of benzene rings is 1. The molecular weight excluding hydrogens is 354 g/mol. The number of nitrogens with one attached hydrogen (secondary N) is 2. The molecule has 2 N–H and O–H groups in total. The van der Waals surface area contributed by atoms with Crippen LogP contribution < -0.4 is 10.6 Å². The highest BCUT2D eigenvalue weighted by atomic mass is 35.5. The summed E-state index contributed by atoms with van der Waals surface area (Å²) in [4.78, 5) is 27.4. The monoisotopic (exact) mass is 381 g/mol. The van der Waals surface area contributed by atoms with Gasteiger partial charge in [-0.2, -0.15) is 0 Å². The third kappa shape index (κ3) is 4.75. The van der Waals surface area contributed by atoms with E-state index in [9.17, 15) is 9.59 Å². The first-order valence-corrected chi connectivity index (χ1v) is 9.11. The van der Waals surface area contributed by atoms with Crippen molar-refractivity contribution in [1.82, 2.24) is 15.5 Å². The van der Waals surface area contributed by atoms with Crippen molar-refractivity contribution in [3.63, 3.8) is 0 Å². The summed E-state index contributed by atoms with van der Waals surface area (Å²) in [5.41, 5.74) is 0.924. The van der Waals surface area contributed by atoms with E-state index in [0.717, 1.165) is 37.8 Å². The molecule has 2 aliphatic rings. The predicted molar refractivity (Wildman–Crippen MR) is 102 cm³/mol. The summed E-state index contributed by atoms with van der Waals surface area (Å²) < 4.78 is 5.36. The zero-order chi connectivity index (χ0) is 17.6. The fraction of sp³-hybridized carbons (Fsp3) is 0.579. The molecule has 2 saturated heterocycles. The normalized spacial score (nSPS) is 22.3. The summed E-state index contributed by atoms with van der Waals surface area (Å²) in [5.74, 6) is -0.0359. The van der Waals surface area contributed by atoms with Crippen molar-refractivity contribution in [1.29, 1.82) is 0 Å². The minimum atomic E-state index is -0.431. The van der Waals surface area contributed by atoms with E-state index in [1.807, 2.05) is 35.2 Å². The van der Waals surface area contributed by atoms with E-state index < -0.39 is 6.04 Å². The van der Waals surface area contributed by atoms with Gasteiger partial charge in [0.2, 0.25) is 11.8 Å². The zero-order valence-electron chi connectivity index (χ0n) is 15.1. The van der Waals surface area contributed by atoms with Crippen molar-refractivity contribution in [2.75, 3.05) is 26.8 Å². The molecule has 2 aliphatic heterocycles. The Labute approximate surface area is 161 Å². The number of ether oxygens (including phenoxy) is 1. The molecule has 3 rings (SSSR count). The number of hydrogen-bond donors (Lipinski definition) is 2. The lowest BCUT2D eigenvalue weighted by Crippen LogP contribution is -2.51. The van der Waals surface area contributed by atoms with Crippen LogP contribution in [0, 0.1) is 0 Å². The van der Waals surface area contributed by atoms with E-state index in [0.29, 0.717) is 13.2 Å². The lowest BCUT2D eigenvalue weighted by atomic mass is 10.0. The Bertz CT molecular complexity index is 593. The first-order valence-electron chi connectivity index (χ1n) is 9.11. The molecule has 2 atom stereocenters. The zero-order valence-corrected chi connectivity index (χ0v) is 16.0. The van der Waals surface area contributed by atoms with Crippen molar-refractivity contribution in [3.05, 3.63) is 35.9 Å². The summed E-state index contributed by atoms with van der Waals surface area (Å²) in [6.45, 7) is 2.15. The molecule has 0 radical (unpaired) electrons. The van der Waals surface area contributed by atoms with E-state index in [2.05, 4.69) is 10.6 Å². The van der Waals surface area contributed by atoms with E-state index in [4.69, 9.17) is 4.74 Å². The summed E-state index contributed by atoms with van der Waals surface area (Å²) >= 11 is 0. The van der Waals surface area contributed by atoms with Crippen molar-refractivity contribution >= 4 is 24.2 Å². The second-order valence-electron chi connectivity index (χ2n) is 6.72. The summed E-state index contributed by atoms with van der Waals surface area (Å²) in [7, 11) is 1.64. The fourth-order valence-electron chi connectivity index (χ4n) is 3.78. The smallest absolute Gasteiger partial charge is 0.241 e. The minimum Gasteiger partial charge on any atom is -0.381 e. The quantitative estimate of drug-likeness (QED) is 0.813. The highest BCUT2D eigenvalue weighted by molar-refractivity contribution is 5.86. The number of carbonyl (C=O) groups is 2. The van der Waals surface area contributed by atoms with Crippen molar-refractivity contribution < 1.29 is 14.3 Å². The Morgan fingerprint density at radius 1 is 1.15 bits per heavy atom. The Hall–Kier alpha value is -1.63. The van der Waals surface area contributed by atoms with Gasteiger partial charge in [-0.1, -0.05) is 30.3 Å². The Kier molecular flexibility index (Phi) is 7.87. The third-order valence-electron chi connectivity index (χ3n) is 5.11. The maximum absolute atomic E-state index is 12.8. The van der Waals surface area contributed by atoms with Gasteiger partial charge in [-0.3, -0.25) is 14.5 Å². The number of hydrogen-bond acceptors (Lipinski definition) is 4. The number of rotatable bonds is 5. The van der Waals surface area contributed by atoms with Crippen LogP contribution >= 0.6 is 12.4 Å². The van der Waals surface area contributed by atoms with E-state index in [1.165, 1.54) is 0 Å². The Morgan fingerprint density at radius 2 is 1.85 bits per heavy atom. The summed E-state index contributed by atoms with van der Waals surface area (Å²) in [6.07, 6.45) is 3.42. The maximum atomic E-state index is 12.8. The number of amides is 2. The average molecular weight is 382 g/mol. The number of halogens is 1. The predicted octanol–water partition coefficient (Wildman–Crippen LogP) is 1.66. The van der Waals surface area contributed by atoms with Crippen LogP contribution in [0.1, 0.15) is 37.3 Å². The van der Waals surface area contributed by atoms with Crippen LogP contribution in [0.4, 0.5) is 0 Å². The molecule has 2 heterocycles. The van der Waals surface area contributed by atoms with Gasteiger partial charge in [0.15, 0.2) is 0 Å². The van der Waals surface area contributed by atoms with E-state index in [1.54, 1.807) is 7.05 Å². The average Bonchev–Trinajstić information content (AvgIpc) is 3.13. The SMILES string of the molecule is CNC(=O)[C@@H](c1ccccc1)N1CCC[C@H]1C(=O)NC1CCOCC1.Cl. The molecule has 0 aliphatic carbocycles. The molecular formula is C19H28ClN3O3. The maximum Gasteiger partial charge on any atom is 0.241 e. The van der Waals surface area contributed by atoms with Gasteiger partial charge in [0.1, 0.15) is 6.04 Å². The molecule has 0 aromatic heterocycles. The fourth-order valence-corrected chi connectivity index (χ4v) is 3.78. The summed E-state index contributed by atoms with van der Waals surface area (Å²) in [6, 6.07) is 9.18. The Morgan fingerprint density at radius 3 is 2.50 bits per heavy atom. The molecule has 2 fully saturated rings. The third-order valence-corrected chi connectivity index (χ3v) is 5.11. The second-order valence-corrected chi connectivity index (χ2v) is 6.72. The van der Waals surface area contributed by atoms with Gasteiger partial charge in [-0.15, -0.1) is 12.4 Å². The molecule has 26 heavy (non-hydrogen) atoms. The molecule has 0 saturated carbocycles. The van der Waals surface area contributed by atoms with Crippen LogP contribution in [0.5, 0.6) is 0 Å². The molecule has 144 valence electrons. The first kappa shape index (κ1) is 20.7. The van der Waals surface area contributed by atoms with E-state index in [-0.39, 0.29) is 36.3 Å². The molecule has 7 heteroatoms. The summed E-state index contributed by atoms with van der Waals surface area (Å²) in [5, 5.41) is 5.91. The molecule has 2 amide bonds. The van der Waals surface area contributed by atoms with Gasteiger partial charge in [0.25, 0.3) is 0 Å². The van der Waals surface area contributed by atoms with Crippen LogP contribution in [-0.4, -0.2) is 55.6 Å². The van der Waals surface area contributed by atoms with Crippen LogP contribution in [0.2, 0.25) is 0 Å². The van der Waals surface area contributed by atoms with Crippen molar-refractivity contribution in [3.8, 4) is 0 Å². The number of likely N-dealkylation sites (N-methyl/N-ethyl adjacent to an activating group) is 1. The number of nitrogens with zero attached hydrogens (tertiary/aromatic N) is 1. The lowest BCUT2D eigenvalue weighted by molar-refractivity contribution is -0.131. The van der Waals surface area contributed by atoms with Crippen LogP contribution in [0.25, 0.3) is 0 Å². The van der Waals surface area contributed by atoms with Gasteiger partial charge in [0, 0.05) is 32.8 Å². The van der Waals surface area contributed by atoms with Crippen LogP contribution in [0.3, 0.4) is 0 Å². The largest absolute Gasteiger partial charge is 0.381 e. The highest BCUT2D eigenvalue weighted by Gasteiger charge is 2.39. The van der Waals surface area contributed by atoms with Crippen molar-refractivity contribution in [2.45, 2.75) is 43.8 Å². The standard InChI is InChI=1S/C19H27N3O3.ClH/c1-20-19(24)17(14-6-3-2-4-7-14)22-11-5-8-16(22)18(23)21-15-9-12-25-13-10-15;/h2-4,6-7,15-17H,5,8-13H2,1H3,(H,20,24)(H,21,23);1H/t16-,17+;/m0./s1. The van der Waals surface area contributed by atoms with E-state index >= 15 is 0 Å². The molecule has 1 aromatic rings. The van der Waals surface area contributed by atoms with Crippen molar-refractivity contribution in [2.24, 2.45) is 0 Å². The Balaban J connectivity index is 0.00000243. The van der Waals surface area contributed by atoms with Crippen LogP contribution in [-0.2, 0) is 14.3 Å². The first-order chi connectivity index (χ1) is 12.2.